The SMILES string of the molecule is O=C1c2ccccc2N(Cc2ccccc2-c2ccccc2)C(=O)CN1CC1CCCCC1. The van der Waals surface area contributed by atoms with Gasteiger partial charge < -0.3 is 9.80 Å². The van der Waals surface area contributed by atoms with Crippen LogP contribution in [0.4, 0.5) is 5.69 Å². The lowest BCUT2D eigenvalue weighted by Gasteiger charge is -2.28. The maximum absolute atomic E-state index is 13.6. The molecular formula is C29H30N2O2. The molecule has 1 heterocycles. The molecule has 3 aromatic carbocycles. The Morgan fingerprint density at radius 2 is 1.39 bits per heavy atom. The second kappa shape index (κ2) is 9.62. The van der Waals surface area contributed by atoms with Crippen molar-refractivity contribution in [2.45, 2.75) is 38.6 Å². The standard InChI is InChI=1S/C29H30N2O2/c32-28-21-30(19-22-11-3-1-4-12-22)29(33)26-17-9-10-18-27(26)31(28)20-24-15-7-8-16-25(24)23-13-5-2-6-14-23/h2,5-10,13-18,22H,1,3-4,11-12,19-21H2. The first-order valence-electron chi connectivity index (χ1n) is 12.0. The average molecular weight is 439 g/mol. The van der Waals surface area contributed by atoms with E-state index in [-0.39, 0.29) is 18.4 Å². The lowest BCUT2D eigenvalue weighted by Crippen LogP contribution is -2.41. The normalized spacial score (nSPS) is 17.1. The molecule has 0 radical (unpaired) electrons. The molecule has 1 aliphatic carbocycles. The van der Waals surface area contributed by atoms with E-state index >= 15 is 0 Å². The van der Waals surface area contributed by atoms with Crippen molar-refractivity contribution in [3.8, 4) is 11.1 Å². The monoisotopic (exact) mass is 438 g/mol. The summed E-state index contributed by atoms with van der Waals surface area (Å²) in [5.74, 6) is 0.448. The molecule has 1 aliphatic heterocycles. The maximum Gasteiger partial charge on any atom is 0.256 e. The number of fused-ring (bicyclic) bond motifs is 1. The third kappa shape index (κ3) is 4.56. The summed E-state index contributed by atoms with van der Waals surface area (Å²) < 4.78 is 0. The van der Waals surface area contributed by atoms with E-state index in [1.165, 1.54) is 19.3 Å². The lowest BCUT2D eigenvalue weighted by molar-refractivity contribution is -0.119. The smallest absolute Gasteiger partial charge is 0.256 e. The highest BCUT2D eigenvalue weighted by molar-refractivity contribution is 6.09. The van der Waals surface area contributed by atoms with E-state index in [1.54, 1.807) is 9.80 Å². The summed E-state index contributed by atoms with van der Waals surface area (Å²) in [6.45, 7) is 1.25. The summed E-state index contributed by atoms with van der Waals surface area (Å²) in [7, 11) is 0. The number of benzene rings is 3. The zero-order valence-electron chi connectivity index (χ0n) is 19.0. The van der Waals surface area contributed by atoms with Crippen LogP contribution in [0.1, 0.15) is 48.0 Å². The molecule has 0 aromatic heterocycles. The predicted octanol–water partition coefficient (Wildman–Crippen LogP) is 5.92. The van der Waals surface area contributed by atoms with E-state index in [4.69, 9.17) is 0 Å². The molecule has 1 saturated carbocycles. The van der Waals surface area contributed by atoms with E-state index in [9.17, 15) is 9.59 Å². The third-order valence-corrected chi connectivity index (χ3v) is 6.97. The molecule has 4 heteroatoms. The highest BCUT2D eigenvalue weighted by atomic mass is 16.2. The number of amides is 2. The fourth-order valence-electron chi connectivity index (χ4n) is 5.25. The van der Waals surface area contributed by atoms with Crippen LogP contribution in [0.3, 0.4) is 0 Å². The van der Waals surface area contributed by atoms with Gasteiger partial charge in [-0.3, -0.25) is 9.59 Å². The number of anilines is 1. The van der Waals surface area contributed by atoms with Crippen LogP contribution in [-0.2, 0) is 11.3 Å². The zero-order chi connectivity index (χ0) is 22.6. The van der Waals surface area contributed by atoms with Crippen molar-refractivity contribution >= 4 is 17.5 Å². The number of hydrogen-bond acceptors (Lipinski definition) is 2. The number of hydrogen-bond donors (Lipinski definition) is 0. The van der Waals surface area contributed by atoms with Crippen LogP contribution in [-0.4, -0.2) is 29.8 Å². The minimum Gasteiger partial charge on any atom is -0.329 e. The molecule has 2 amide bonds. The van der Waals surface area contributed by atoms with Gasteiger partial charge in [0, 0.05) is 6.54 Å². The van der Waals surface area contributed by atoms with Crippen LogP contribution < -0.4 is 4.90 Å². The number of rotatable bonds is 5. The molecule has 1 fully saturated rings. The van der Waals surface area contributed by atoms with Gasteiger partial charge in [0.2, 0.25) is 5.91 Å². The predicted molar refractivity (Wildman–Crippen MR) is 132 cm³/mol. The molecule has 4 nitrogen and oxygen atoms in total. The van der Waals surface area contributed by atoms with Gasteiger partial charge in [-0.2, -0.15) is 0 Å². The van der Waals surface area contributed by atoms with E-state index in [0.29, 0.717) is 30.3 Å². The molecular weight excluding hydrogens is 408 g/mol. The van der Waals surface area contributed by atoms with Gasteiger partial charge in [-0.25, -0.2) is 0 Å². The van der Waals surface area contributed by atoms with Crippen LogP contribution in [0.25, 0.3) is 11.1 Å². The largest absolute Gasteiger partial charge is 0.329 e. The van der Waals surface area contributed by atoms with Gasteiger partial charge in [-0.1, -0.05) is 86.0 Å². The van der Waals surface area contributed by atoms with E-state index in [0.717, 1.165) is 29.5 Å². The van der Waals surface area contributed by atoms with Gasteiger partial charge in [-0.15, -0.1) is 0 Å². The Bertz CT molecular complexity index is 1140. The van der Waals surface area contributed by atoms with Gasteiger partial charge in [-0.05, 0) is 47.6 Å². The van der Waals surface area contributed by atoms with Crippen molar-refractivity contribution in [3.05, 3.63) is 90.0 Å². The highest BCUT2D eigenvalue weighted by Crippen LogP contribution is 2.32. The Hall–Kier alpha value is -3.40. The first-order chi connectivity index (χ1) is 16.2. The second-order valence-electron chi connectivity index (χ2n) is 9.21. The summed E-state index contributed by atoms with van der Waals surface area (Å²) in [5, 5.41) is 0. The van der Waals surface area contributed by atoms with Gasteiger partial charge in [0.15, 0.2) is 0 Å². The van der Waals surface area contributed by atoms with Crippen molar-refractivity contribution in [2.24, 2.45) is 5.92 Å². The molecule has 0 spiro atoms. The van der Waals surface area contributed by atoms with Crippen LogP contribution in [0.5, 0.6) is 0 Å². The summed E-state index contributed by atoms with van der Waals surface area (Å²) in [6.07, 6.45) is 6.02. The molecule has 0 N–H and O–H groups in total. The minimum absolute atomic E-state index is 0.0213. The molecule has 0 saturated heterocycles. The van der Waals surface area contributed by atoms with Gasteiger partial charge >= 0.3 is 0 Å². The van der Waals surface area contributed by atoms with Crippen LogP contribution in [0, 0.1) is 5.92 Å². The first kappa shape index (κ1) is 21.4. The molecule has 0 bridgehead atoms. The van der Waals surface area contributed by atoms with E-state index in [2.05, 4.69) is 24.3 Å². The maximum atomic E-state index is 13.6. The summed E-state index contributed by atoms with van der Waals surface area (Å²) in [5.41, 5.74) is 4.63. The van der Waals surface area contributed by atoms with Gasteiger partial charge in [0.05, 0.1) is 17.8 Å². The fraction of sp³-hybridized carbons (Fsp3) is 0.310. The van der Waals surface area contributed by atoms with Crippen molar-refractivity contribution < 1.29 is 9.59 Å². The average Bonchev–Trinajstić information content (AvgIpc) is 2.96. The number of para-hydroxylation sites is 1. The topological polar surface area (TPSA) is 40.6 Å². The Labute approximate surface area is 195 Å². The molecule has 2 aliphatic rings. The van der Waals surface area contributed by atoms with Crippen molar-refractivity contribution in [1.29, 1.82) is 0 Å². The Morgan fingerprint density at radius 1 is 0.727 bits per heavy atom. The van der Waals surface area contributed by atoms with E-state index in [1.807, 2.05) is 54.6 Å². The molecule has 0 unspecified atom stereocenters. The second-order valence-corrected chi connectivity index (χ2v) is 9.21. The summed E-state index contributed by atoms with van der Waals surface area (Å²) in [6, 6.07) is 26.0. The summed E-state index contributed by atoms with van der Waals surface area (Å²) >= 11 is 0. The molecule has 5 rings (SSSR count). The lowest BCUT2D eigenvalue weighted by atomic mass is 9.89. The van der Waals surface area contributed by atoms with Crippen LogP contribution >= 0.6 is 0 Å². The van der Waals surface area contributed by atoms with Gasteiger partial charge in [0.25, 0.3) is 5.91 Å². The van der Waals surface area contributed by atoms with E-state index < -0.39 is 0 Å². The first-order valence-corrected chi connectivity index (χ1v) is 12.0. The molecule has 0 atom stereocenters. The number of carbonyl (C=O) groups is 2. The van der Waals surface area contributed by atoms with Crippen molar-refractivity contribution in [2.75, 3.05) is 18.0 Å². The highest BCUT2D eigenvalue weighted by Gasteiger charge is 2.33. The quantitative estimate of drug-likeness (QED) is 0.496. The number of nitrogens with zero attached hydrogens (tertiary/aromatic N) is 2. The fourth-order valence-corrected chi connectivity index (χ4v) is 5.25. The minimum atomic E-state index is -0.0247. The zero-order valence-corrected chi connectivity index (χ0v) is 19.0. The summed E-state index contributed by atoms with van der Waals surface area (Å²) in [4.78, 5) is 30.6. The van der Waals surface area contributed by atoms with Crippen LogP contribution in [0.15, 0.2) is 78.9 Å². The molecule has 3 aromatic rings. The molecule has 33 heavy (non-hydrogen) atoms. The molecule has 168 valence electrons. The Morgan fingerprint density at radius 3 is 2.18 bits per heavy atom. The third-order valence-electron chi connectivity index (χ3n) is 6.97. The Kier molecular flexibility index (Phi) is 6.25. The van der Waals surface area contributed by atoms with Crippen LogP contribution in [0.2, 0.25) is 0 Å². The van der Waals surface area contributed by atoms with Gasteiger partial charge in [0.1, 0.15) is 6.54 Å². The van der Waals surface area contributed by atoms with Crippen molar-refractivity contribution in [1.82, 2.24) is 4.90 Å². The number of carbonyl (C=O) groups excluding carboxylic acids is 2. The Balaban J connectivity index is 1.47. The van der Waals surface area contributed by atoms with Crippen molar-refractivity contribution in [3.63, 3.8) is 0 Å².